The van der Waals surface area contributed by atoms with Gasteiger partial charge in [0, 0.05) is 38.1 Å². The van der Waals surface area contributed by atoms with E-state index in [-0.39, 0.29) is 18.0 Å². The van der Waals surface area contributed by atoms with Crippen LogP contribution in [-0.2, 0) is 17.5 Å². The summed E-state index contributed by atoms with van der Waals surface area (Å²) in [5.74, 6) is 0.0778. The summed E-state index contributed by atoms with van der Waals surface area (Å²) in [4.78, 5) is 15.9. The van der Waals surface area contributed by atoms with Gasteiger partial charge in [-0.3, -0.25) is 9.69 Å². The molecule has 1 aromatic rings. The molecule has 0 aliphatic carbocycles. The average Bonchev–Trinajstić information content (AvgIpc) is 2.54. The second-order valence-corrected chi connectivity index (χ2v) is 6.91. The lowest BCUT2D eigenvalue weighted by Crippen LogP contribution is -2.46. The Labute approximate surface area is 146 Å². The predicted molar refractivity (Wildman–Crippen MR) is 90.8 cm³/mol. The number of likely N-dealkylation sites (tertiary alicyclic amines) is 1. The fourth-order valence-corrected chi connectivity index (χ4v) is 3.22. The van der Waals surface area contributed by atoms with Crippen LogP contribution in [0.1, 0.15) is 37.3 Å². The van der Waals surface area contributed by atoms with Gasteiger partial charge in [0.15, 0.2) is 0 Å². The minimum Gasteiger partial charge on any atom is -0.343 e. The van der Waals surface area contributed by atoms with E-state index in [2.05, 4.69) is 4.90 Å². The second-order valence-electron chi connectivity index (χ2n) is 6.91. The first-order valence-electron chi connectivity index (χ1n) is 8.56. The number of hydrogen-bond acceptors (Lipinski definition) is 3. The molecule has 1 aliphatic rings. The summed E-state index contributed by atoms with van der Waals surface area (Å²) in [6.07, 6.45) is -2.33. The third kappa shape index (κ3) is 5.71. The first-order chi connectivity index (χ1) is 11.7. The van der Waals surface area contributed by atoms with Crippen LogP contribution in [0.15, 0.2) is 24.3 Å². The van der Waals surface area contributed by atoms with Crippen LogP contribution in [0.25, 0.3) is 0 Å². The molecule has 1 heterocycles. The minimum absolute atomic E-state index is 0.0778. The van der Waals surface area contributed by atoms with Crippen molar-refractivity contribution in [2.24, 2.45) is 5.73 Å². The van der Waals surface area contributed by atoms with Gasteiger partial charge in [-0.05, 0) is 38.4 Å². The van der Waals surface area contributed by atoms with Crippen LogP contribution in [0.2, 0.25) is 0 Å². The van der Waals surface area contributed by atoms with Crippen LogP contribution in [-0.4, -0.2) is 47.9 Å². The molecule has 0 aromatic heterocycles. The molecule has 1 aliphatic heterocycles. The fourth-order valence-electron chi connectivity index (χ4n) is 3.22. The molecule has 0 saturated carbocycles. The highest BCUT2D eigenvalue weighted by molar-refractivity contribution is 5.76. The van der Waals surface area contributed by atoms with E-state index in [4.69, 9.17) is 5.73 Å². The van der Waals surface area contributed by atoms with Gasteiger partial charge in [0.1, 0.15) is 0 Å². The predicted octanol–water partition coefficient (Wildman–Crippen LogP) is 2.87. The third-order valence-electron chi connectivity index (χ3n) is 4.62. The molecule has 1 amide bonds. The Bertz CT molecular complexity index is 581. The van der Waals surface area contributed by atoms with Crippen molar-refractivity contribution in [1.82, 2.24) is 9.80 Å². The number of carbonyl (C=O) groups excluding carboxylic acids is 1. The highest BCUT2D eigenvalue weighted by Crippen LogP contribution is 2.30. The van der Waals surface area contributed by atoms with E-state index < -0.39 is 11.7 Å². The molecule has 1 aromatic carbocycles. The SMILES string of the molecule is CC(N)CC(=O)N1CCC(N(C)Cc2cccc(C(F)(F)F)c2)CC1. The number of halogens is 3. The smallest absolute Gasteiger partial charge is 0.343 e. The maximum absolute atomic E-state index is 12.8. The molecular weight excluding hydrogens is 331 g/mol. The van der Waals surface area contributed by atoms with Crippen LogP contribution >= 0.6 is 0 Å². The fraction of sp³-hybridized carbons (Fsp3) is 0.611. The van der Waals surface area contributed by atoms with Gasteiger partial charge in [-0.25, -0.2) is 0 Å². The van der Waals surface area contributed by atoms with Crippen LogP contribution in [0.5, 0.6) is 0 Å². The number of nitrogens with two attached hydrogens (primary N) is 1. The molecule has 2 N–H and O–H groups in total. The summed E-state index contributed by atoms with van der Waals surface area (Å²) in [5.41, 5.74) is 5.70. The monoisotopic (exact) mass is 357 g/mol. The van der Waals surface area contributed by atoms with Gasteiger partial charge in [-0.15, -0.1) is 0 Å². The van der Waals surface area contributed by atoms with Crippen molar-refractivity contribution in [3.63, 3.8) is 0 Å². The number of carbonyl (C=O) groups is 1. The zero-order valence-corrected chi connectivity index (χ0v) is 14.7. The summed E-state index contributed by atoms with van der Waals surface area (Å²) in [7, 11) is 1.92. The summed E-state index contributed by atoms with van der Waals surface area (Å²) >= 11 is 0. The minimum atomic E-state index is -4.32. The zero-order chi connectivity index (χ0) is 18.6. The van der Waals surface area contributed by atoms with E-state index in [1.165, 1.54) is 12.1 Å². The number of amides is 1. The Balaban J connectivity index is 1.89. The van der Waals surface area contributed by atoms with E-state index in [1.54, 1.807) is 6.07 Å². The quantitative estimate of drug-likeness (QED) is 0.882. The van der Waals surface area contributed by atoms with Gasteiger partial charge in [0.25, 0.3) is 0 Å². The summed E-state index contributed by atoms with van der Waals surface area (Å²) in [6, 6.07) is 5.57. The van der Waals surface area contributed by atoms with Gasteiger partial charge in [-0.1, -0.05) is 18.2 Å². The molecular formula is C18H26F3N3O. The van der Waals surface area contributed by atoms with Crippen molar-refractivity contribution in [3.8, 4) is 0 Å². The first-order valence-corrected chi connectivity index (χ1v) is 8.56. The van der Waals surface area contributed by atoms with E-state index in [0.717, 1.165) is 18.9 Å². The lowest BCUT2D eigenvalue weighted by molar-refractivity contribution is -0.137. The molecule has 2 rings (SSSR count). The highest BCUT2D eigenvalue weighted by Gasteiger charge is 2.31. The van der Waals surface area contributed by atoms with Gasteiger partial charge in [0.2, 0.25) is 5.91 Å². The number of nitrogens with zero attached hydrogens (tertiary/aromatic N) is 2. The molecule has 4 nitrogen and oxygen atoms in total. The second kappa shape index (κ2) is 8.19. The van der Waals surface area contributed by atoms with Crippen molar-refractivity contribution in [2.45, 2.75) is 51.0 Å². The zero-order valence-electron chi connectivity index (χ0n) is 14.7. The molecule has 25 heavy (non-hydrogen) atoms. The summed E-state index contributed by atoms with van der Waals surface area (Å²) in [6.45, 7) is 3.61. The number of benzene rings is 1. The Kier molecular flexibility index (Phi) is 6.46. The molecule has 1 saturated heterocycles. The van der Waals surface area contributed by atoms with E-state index in [1.807, 2.05) is 18.9 Å². The Morgan fingerprint density at radius 3 is 2.56 bits per heavy atom. The lowest BCUT2D eigenvalue weighted by atomic mass is 10.0. The maximum atomic E-state index is 12.8. The van der Waals surface area contributed by atoms with Gasteiger partial charge >= 0.3 is 6.18 Å². The van der Waals surface area contributed by atoms with Crippen molar-refractivity contribution in [2.75, 3.05) is 20.1 Å². The van der Waals surface area contributed by atoms with Crippen molar-refractivity contribution in [3.05, 3.63) is 35.4 Å². The molecule has 140 valence electrons. The Morgan fingerprint density at radius 1 is 1.36 bits per heavy atom. The Hall–Kier alpha value is -1.60. The van der Waals surface area contributed by atoms with Crippen LogP contribution < -0.4 is 5.73 Å². The summed E-state index contributed by atoms with van der Waals surface area (Å²) in [5, 5.41) is 0. The summed E-state index contributed by atoms with van der Waals surface area (Å²) < 4.78 is 38.4. The molecule has 1 atom stereocenters. The van der Waals surface area contributed by atoms with E-state index in [9.17, 15) is 18.0 Å². The van der Waals surface area contributed by atoms with Crippen LogP contribution in [0, 0.1) is 0 Å². The van der Waals surface area contributed by atoms with Crippen molar-refractivity contribution < 1.29 is 18.0 Å². The lowest BCUT2D eigenvalue weighted by Gasteiger charge is -2.37. The normalized spacial score (nSPS) is 17.8. The largest absolute Gasteiger partial charge is 0.416 e. The molecule has 7 heteroatoms. The molecule has 1 unspecified atom stereocenters. The number of rotatable bonds is 5. The average molecular weight is 357 g/mol. The number of hydrogen-bond donors (Lipinski definition) is 1. The van der Waals surface area contributed by atoms with Crippen LogP contribution in [0.3, 0.4) is 0 Å². The molecule has 1 fully saturated rings. The third-order valence-corrected chi connectivity index (χ3v) is 4.62. The van der Waals surface area contributed by atoms with Crippen molar-refractivity contribution >= 4 is 5.91 Å². The standard InChI is InChI=1S/C18H26F3N3O/c1-13(22)10-17(25)24-8-6-16(7-9-24)23(2)12-14-4-3-5-15(11-14)18(19,20)21/h3-5,11,13,16H,6-10,12,22H2,1-2H3. The van der Waals surface area contributed by atoms with Gasteiger partial charge in [-0.2, -0.15) is 13.2 Å². The maximum Gasteiger partial charge on any atom is 0.416 e. The van der Waals surface area contributed by atoms with Gasteiger partial charge < -0.3 is 10.6 Å². The highest BCUT2D eigenvalue weighted by atomic mass is 19.4. The molecule has 0 spiro atoms. The molecule has 0 radical (unpaired) electrons. The number of piperidine rings is 1. The number of alkyl halides is 3. The topological polar surface area (TPSA) is 49.6 Å². The first kappa shape index (κ1) is 19.7. The van der Waals surface area contributed by atoms with E-state index >= 15 is 0 Å². The Morgan fingerprint density at radius 2 is 2.00 bits per heavy atom. The van der Waals surface area contributed by atoms with Gasteiger partial charge in [0.05, 0.1) is 5.56 Å². The van der Waals surface area contributed by atoms with E-state index in [0.29, 0.717) is 31.6 Å². The van der Waals surface area contributed by atoms with Crippen molar-refractivity contribution in [1.29, 1.82) is 0 Å². The molecule has 0 bridgehead atoms. The van der Waals surface area contributed by atoms with Crippen LogP contribution in [0.4, 0.5) is 13.2 Å².